The standard InChI is InChI=1S/C23H27Cl2N3O2/c1-6-28-20-11-21(30-5)16(9-17(20)14(2)12-23(28,3)4)13-26-27-22(29)15-7-8-18(24)19(25)10-15/h7-11,13-14H,6,12H2,1-5H3,(H,27,29)/b26-13-. The van der Waals surface area contributed by atoms with E-state index in [-0.39, 0.29) is 11.4 Å². The van der Waals surface area contributed by atoms with Crippen molar-refractivity contribution < 1.29 is 9.53 Å². The third kappa shape index (κ3) is 4.42. The van der Waals surface area contributed by atoms with Crippen molar-refractivity contribution in [2.75, 3.05) is 18.6 Å². The molecule has 160 valence electrons. The van der Waals surface area contributed by atoms with Crippen LogP contribution in [0.15, 0.2) is 35.4 Å². The van der Waals surface area contributed by atoms with E-state index in [9.17, 15) is 4.79 Å². The fraction of sp³-hybridized carbons (Fsp3) is 0.391. The number of halogens is 2. The molecule has 2 aromatic rings. The first kappa shape index (κ1) is 22.4. The molecular formula is C23H27Cl2N3O2. The zero-order chi connectivity index (χ0) is 22.1. The Morgan fingerprint density at radius 1 is 1.30 bits per heavy atom. The first-order valence-electron chi connectivity index (χ1n) is 9.96. The second kappa shape index (κ2) is 8.86. The molecule has 0 aromatic heterocycles. The van der Waals surface area contributed by atoms with E-state index in [4.69, 9.17) is 27.9 Å². The number of benzene rings is 2. The van der Waals surface area contributed by atoms with E-state index < -0.39 is 0 Å². The maximum absolute atomic E-state index is 12.3. The highest BCUT2D eigenvalue weighted by Gasteiger charge is 2.36. The summed E-state index contributed by atoms with van der Waals surface area (Å²) in [4.78, 5) is 14.7. The zero-order valence-corrected chi connectivity index (χ0v) is 19.4. The molecular weight excluding hydrogens is 421 g/mol. The number of fused-ring (bicyclic) bond motifs is 1. The van der Waals surface area contributed by atoms with Crippen molar-refractivity contribution >= 4 is 41.0 Å². The fourth-order valence-corrected chi connectivity index (χ4v) is 4.56. The number of nitrogens with zero attached hydrogens (tertiary/aromatic N) is 2. The van der Waals surface area contributed by atoms with Gasteiger partial charge in [-0.3, -0.25) is 4.79 Å². The number of nitrogens with one attached hydrogen (secondary N) is 1. The topological polar surface area (TPSA) is 53.9 Å². The average Bonchev–Trinajstić information content (AvgIpc) is 2.69. The lowest BCUT2D eigenvalue weighted by Gasteiger charge is -2.47. The summed E-state index contributed by atoms with van der Waals surface area (Å²) in [5.41, 5.74) is 6.26. The van der Waals surface area contributed by atoms with Gasteiger partial charge in [-0.1, -0.05) is 30.1 Å². The summed E-state index contributed by atoms with van der Waals surface area (Å²) in [6.45, 7) is 9.88. The highest BCUT2D eigenvalue weighted by atomic mass is 35.5. The Hall–Kier alpha value is -2.24. The van der Waals surface area contributed by atoms with Gasteiger partial charge in [0, 0.05) is 35.0 Å². The third-order valence-electron chi connectivity index (χ3n) is 5.60. The number of ether oxygens (including phenoxy) is 1. The molecule has 1 amide bonds. The highest BCUT2D eigenvalue weighted by Crippen LogP contribution is 2.45. The number of hydrogen-bond donors (Lipinski definition) is 1. The van der Waals surface area contributed by atoms with Crippen LogP contribution in [0.4, 0.5) is 5.69 Å². The van der Waals surface area contributed by atoms with Gasteiger partial charge in [-0.2, -0.15) is 5.10 Å². The fourth-order valence-electron chi connectivity index (χ4n) is 4.27. The predicted octanol–water partition coefficient (Wildman–Crippen LogP) is 5.88. The largest absolute Gasteiger partial charge is 0.496 e. The summed E-state index contributed by atoms with van der Waals surface area (Å²) in [7, 11) is 1.64. The second-order valence-electron chi connectivity index (χ2n) is 8.14. The molecule has 5 nitrogen and oxygen atoms in total. The number of amides is 1. The smallest absolute Gasteiger partial charge is 0.271 e. The highest BCUT2D eigenvalue weighted by molar-refractivity contribution is 6.42. The van der Waals surface area contributed by atoms with Crippen LogP contribution in [0.1, 0.15) is 61.5 Å². The molecule has 0 spiro atoms. The minimum Gasteiger partial charge on any atom is -0.496 e. The first-order chi connectivity index (χ1) is 14.2. The Morgan fingerprint density at radius 2 is 2.03 bits per heavy atom. The van der Waals surface area contributed by atoms with Gasteiger partial charge < -0.3 is 9.64 Å². The number of carbonyl (C=O) groups excluding carboxylic acids is 1. The molecule has 1 unspecified atom stereocenters. The van der Waals surface area contributed by atoms with Gasteiger partial charge in [0.2, 0.25) is 0 Å². The molecule has 1 N–H and O–H groups in total. The van der Waals surface area contributed by atoms with E-state index >= 15 is 0 Å². The molecule has 3 rings (SSSR count). The lowest BCUT2D eigenvalue weighted by atomic mass is 9.79. The van der Waals surface area contributed by atoms with Gasteiger partial charge >= 0.3 is 0 Å². The minimum atomic E-state index is -0.367. The molecule has 0 aliphatic carbocycles. The summed E-state index contributed by atoms with van der Waals surface area (Å²) < 4.78 is 5.62. The van der Waals surface area contributed by atoms with Gasteiger partial charge in [0.25, 0.3) is 5.91 Å². The quantitative estimate of drug-likeness (QED) is 0.459. The molecule has 1 atom stereocenters. The van der Waals surface area contributed by atoms with Crippen molar-refractivity contribution in [3.63, 3.8) is 0 Å². The summed E-state index contributed by atoms with van der Waals surface area (Å²) in [5, 5.41) is 4.84. The Bertz CT molecular complexity index is 989. The maximum atomic E-state index is 12.3. The minimum absolute atomic E-state index is 0.0790. The van der Waals surface area contributed by atoms with Crippen LogP contribution in [0.5, 0.6) is 5.75 Å². The number of rotatable bonds is 5. The van der Waals surface area contributed by atoms with E-state index in [1.165, 1.54) is 17.3 Å². The van der Waals surface area contributed by atoms with Crippen molar-refractivity contribution in [3.05, 3.63) is 57.1 Å². The van der Waals surface area contributed by atoms with Crippen LogP contribution in [-0.2, 0) is 0 Å². The number of methoxy groups -OCH3 is 1. The number of hydrogen-bond acceptors (Lipinski definition) is 4. The Balaban J connectivity index is 1.87. The molecule has 0 radical (unpaired) electrons. The third-order valence-corrected chi connectivity index (χ3v) is 6.34. The van der Waals surface area contributed by atoms with Gasteiger partial charge in [0.1, 0.15) is 5.75 Å². The van der Waals surface area contributed by atoms with Crippen LogP contribution >= 0.6 is 23.2 Å². The molecule has 0 saturated carbocycles. The van der Waals surface area contributed by atoms with E-state index in [2.05, 4.69) is 55.3 Å². The van der Waals surface area contributed by atoms with Gasteiger partial charge in [0.05, 0.1) is 23.4 Å². The van der Waals surface area contributed by atoms with Crippen LogP contribution in [0.25, 0.3) is 0 Å². The van der Waals surface area contributed by atoms with Crippen LogP contribution in [0.3, 0.4) is 0 Å². The molecule has 2 aromatic carbocycles. The van der Waals surface area contributed by atoms with Crippen molar-refractivity contribution in [2.24, 2.45) is 5.10 Å². The summed E-state index contributed by atoms with van der Waals surface area (Å²) in [6, 6.07) is 8.86. The van der Waals surface area contributed by atoms with E-state index in [1.807, 2.05) is 0 Å². The summed E-state index contributed by atoms with van der Waals surface area (Å²) >= 11 is 11.9. The van der Waals surface area contributed by atoms with Crippen molar-refractivity contribution in [3.8, 4) is 5.75 Å². The molecule has 0 saturated heterocycles. The zero-order valence-electron chi connectivity index (χ0n) is 17.9. The van der Waals surface area contributed by atoms with Crippen molar-refractivity contribution in [1.82, 2.24) is 5.43 Å². The lowest BCUT2D eigenvalue weighted by Crippen LogP contribution is -2.48. The van der Waals surface area contributed by atoms with Crippen LogP contribution in [0.2, 0.25) is 10.0 Å². The molecule has 1 heterocycles. The number of carbonyl (C=O) groups is 1. The molecule has 1 aliphatic heterocycles. The average molecular weight is 448 g/mol. The van der Waals surface area contributed by atoms with Gasteiger partial charge in [-0.15, -0.1) is 0 Å². The molecule has 0 bridgehead atoms. The van der Waals surface area contributed by atoms with E-state index in [0.29, 0.717) is 27.3 Å². The molecule has 0 fully saturated rings. The number of anilines is 1. The molecule has 30 heavy (non-hydrogen) atoms. The lowest BCUT2D eigenvalue weighted by molar-refractivity contribution is 0.0955. The number of hydrazone groups is 1. The molecule has 1 aliphatic rings. The SMILES string of the molecule is CCN1c2cc(OC)c(/C=N\NC(=O)c3ccc(Cl)c(Cl)c3)cc2C(C)CC1(C)C. The first-order valence-corrected chi connectivity index (χ1v) is 10.7. The maximum Gasteiger partial charge on any atom is 0.271 e. The van der Waals surface area contributed by atoms with Crippen molar-refractivity contribution in [1.29, 1.82) is 0 Å². The van der Waals surface area contributed by atoms with Gasteiger partial charge in [-0.05, 0) is 62.9 Å². The predicted molar refractivity (Wildman–Crippen MR) is 125 cm³/mol. The molecule has 7 heteroatoms. The second-order valence-corrected chi connectivity index (χ2v) is 8.96. The summed E-state index contributed by atoms with van der Waals surface area (Å²) in [5.74, 6) is 0.750. The van der Waals surface area contributed by atoms with Crippen molar-refractivity contribution in [2.45, 2.75) is 45.6 Å². The Morgan fingerprint density at radius 3 is 2.67 bits per heavy atom. The van der Waals surface area contributed by atoms with Gasteiger partial charge in [-0.25, -0.2) is 5.43 Å². The Kier molecular flexibility index (Phi) is 6.63. The van der Waals surface area contributed by atoms with Gasteiger partial charge in [0.15, 0.2) is 0 Å². The van der Waals surface area contributed by atoms with Crippen LogP contribution < -0.4 is 15.1 Å². The normalized spacial score (nSPS) is 17.7. The van der Waals surface area contributed by atoms with Crippen LogP contribution in [0, 0.1) is 0 Å². The van der Waals surface area contributed by atoms with Crippen LogP contribution in [-0.4, -0.2) is 31.3 Å². The monoisotopic (exact) mass is 447 g/mol. The summed E-state index contributed by atoms with van der Waals surface area (Å²) in [6.07, 6.45) is 2.67. The van der Waals surface area contributed by atoms with E-state index in [0.717, 1.165) is 18.5 Å². The van der Waals surface area contributed by atoms with E-state index in [1.54, 1.807) is 25.5 Å². The Labute approximate surface area is 188 Å².